The Labute approximate surface area is 105 Å². The molecule has 96 valence electrons. The fourth-order valence-electron chi connectivity index (χ4n) is 2.61. The lowest BCUT2D eigenvalue weighted by Crippen LogP contribution is -2.39. The van der Waals surface area contributed by atoms with Crippen molar-refractivity contribution in [2.75, 3.05) is 0 Å². The molecular weight excluding hydrogens is 212 g/mol. The molecule has 1 aliphatic carbocycles. The molecule has 2 aliphatic rings. The second kappa shape index (κ2) is 4.25. The molecule has 17 heavy (non-hydrogen) atoms. The summed E-state index contributed by atoms with van der Waals surface area (Å²) >= 11 is 0. The van der Waals surface area contributed by atoms with E-state index in [0.29, 0.717) is 5.92 Å². The van der Waals surface area contributed by atoms with E-state index in [1.54, 1.807) is 0 Å². The molecule has 2 rings (SSSR count). The first-order valence-electron chi connectivity index (χ1n) is 6.48. The number of hydrogen-bond donors (Lipinski definition) is 0. The second-order valence-corrected chi connectivity index (χ2v) is 6.60. The molecule has 0 radical (unpaired) electrons. The molecular formula is C15H24O2. The molecule has 0 aromatic rings. The fraction of sp³-hybridized carbons (Fsp3) is 0.733. The van der Waals surface area contributed by atoms with Crippen LogP contribution in [0.2, 0.25) is 0 Å². The smallest absolute Gasteiger partial charge is 0.163 e. The Bertz CT molecular complexity index is 333. The first kappa shape index (κ1) is 12.8. The predicted octanol–water partition coefficient (Wildman–Crippen LogP) is 3.68. The molecule has 0 unspecified atom stereocenters. The van der Waals surface area contributed by atoms with Crippen molar-refractivity contribution in [3.8, 4) is 0 Å². The van der Waals surface area contributed by atoms with Crippen molar-refractivity contribution >= 4 is 0 Å². The van der Waals surface area contributed by atoms with Gasteiger partial charge in [0, 0.05) is 5.92 Å². The standard InChI is InChI=1S/C15H24O2/c1-14(2,3)13-12(16-15(4,5)17-13)11-9-7-6-8-10-11/h6-9,11-13H,10H2,1-5H3/t11-,12+,13-/m1/s1. The van der Waals surface area contributed by atoms with Crippen LogP contribution in [0.1, 0.15) is 41.0 Å². The first-order chi connectivity index (χ1) is 7.80. The Morgan fingerprint density at radius 1 is 1.12 bits per heavy atom. The molecule has 0 amide bonds. The predicted molar refractivity (Wildman–Crippen MR) is 69.7 cm³/mol. The summed E-state index contributed by atoms with van der Waals surface area (Å²) in [7, 11) is 0. The minimum atomic E-state index is -0.461. The minimum absolute atomic E-state index is 0.105. The van der Waals surface area contributed by atoms with E-state index >= 15 is 0 Å². The molecule has 0 saturated carbocycles. The minimum Gasteiger partial charge on any atom is -0.344 e. The van der Waals surface area contributed by atoms with E-state index in [0.717, 1.165) is 6.42 Å². The van der Waals surface area contributed by atoms with Gasteiger partial charge >= 0.3 is 0 Å². The Morgan fingerprint density at radius 2 is 1.82 bits per heavy atom. The zero-order chi connectivity index (χ0) is 12.7. The van der Waals surface area contributed by atoms with Gasteiger partial charge in [-0.25, -0.2) is 0 Å². The number of rotatable bonds is 1. The summed E-state index contributed by atoms with van der Waals surface area (Å²) in [6.45, 7) is 10.7. The molecule has 1 aliphatic heterocycles. The number of hydrogen-bond acceptors (Lipinski definition) is 2. The summed E-state index contributed by atoms with van der Waals surface area (Å²) in [6, 6.07) is 0. The van der Waals surface area contributed by atoms with E-state index in [4.69, 9.17) is 9.47 Å². The first-order valence-corrected chi connectivity index (χ1v) is 6.48. The summed E-state index contributed by atoms with van der Waals surface area (Å²) in [5, 5.41) is 0. The highest BCUT2D eigenvalue weighted by Crippen LogP contribution is 2.42. The van der Waals surface area contributed by atoms with Crippen LogP contribution in [0.3, 0.4) is 0 Å². The van der Waals surface area contributed by atoms with E-state index in [1.165, 1.54) is 0 Å². The van der Waals surface area contributed by atoms with Crippen LogP contribution in [0.15, 0.2) is 24.3 Å². The van der Waals surface area contributed by atoms with Crippen molar-refractivity contribution in [2.45, 2.75) is 59.0 Å². The molecule has 1 fully saturated rings. The molecule has 0 aromatic heterocycles. The van der Waals surface area contributed by atoms with E-state index in [9.17, 15) is 0 Å². The highest BCUT2D eigenvalue weighted by Gasteiger charge is 2.48. The van der Waals surface area contributed by atoms with Gasteiger partial charge in [-0.05, 0) is 25.7 Å². The van der Waals surface area contributed by atoms with Crippen LogP contribution in [0.5, 0.6) is 0 Å². The van der Waals surface area contributed by atoms with Crippen molar-refractivity contribution in [1.29, 1.82) is 0 Å². The summed E-state index contributed by atoms with van der Waals surface area (Å²) in [5.74, 6) is -0.0246. The number of ether oxygens (including phenoxy) is 2. The van der Waals surface area contributed by atoms with E-state index in [1.807, 2.05) is 13.8 Å². The van der Waals surface area contributed by atoms with E-state index < -0.39 is 5.79 Å². The Hall–Kier alpha value is -0.600. The van der Waals surface area contributed by atoms with Gasteiger partial charge in [-0.2, -0.15) is 0 Å². The summed E-state index contributed by atoms with van der Waals surface area (Å²) < 4.78 is 12.2. The molecule has 0 N–H and O–H groups in total. The van der Waals surface area contributed by atoms with Crippen molar-refractivity contribution in [3.05, 3.63) is 24.3 Å². The molecule has 1 heterocycles. The van der Waals surface area contributed by atoms with Gasteiger partial charge in [0.1, 0.15) is 0 Å². The van der Waals surface area contributed by atoms with Crippen molar-refractivity contribution in [2.24, 2.45) is 11.3 Å². The van der Waals surface area contributed by atoms with Gasteiger partial charge in [0.15, 0.2) is 5.79 Å². The lowest BCUT2D eigenvalue weighted by atomic mass is 9.80. The van der Waals surface area contributed by atoms with Gasteiger partial charge in [-0.3, -0.25) is 0 Å². The average Bonchev–Trinajstić information content (AvgIpc) is 2.56. The van der Waals surface area contributed by atoms with Crippen LogP contribution in [0.4, 0.5) is 0 Å². The largest absolute Gasteiger partial charge is 0.344 e. The monoisotopic (exact) mass is 236 g/mol. The third-order valence-electron chi connectivity index (χ3n) is 3.42. The van der Waals surface area contributed by atoms with Crippen molar-refractivity contribution in [1.82, 2.24) is 0 Å². The lowest BCUT2D eigenvalue weighted by molar-refractivity contribution is -0.156. The van der Waals surface area contributed by atoms with E-state index in [-0.39, 0.29) is 17.6 Å². The van der Waals surface area contributed by atoms with Gasteiger partial charge in [-0.15, -0.1) is 0 Å². The topological polar surface area (TPSA) is 18.5 Å². The maximum absolute atomic E-state index is 6.12. The van der Waals surface area contributed by atoms with Crippen LogP contribution in [0.25, 0.3) is 0 Å². The molecule has 0 spiro atoms. The van der Waals surface area contributed by atoms with Gasteiger partial charge in [0.25, 0.3) is 0 Å². The summed E-state index contributed by atoms with van der Waals surface area (Å²) in [5.41, 5.74) is 0.105. The third kappa shape index (κ3) is 2.80. The van der Waals surface area contributed by atoms with Crippen LogP contribution in [-0.2, 0) is 9.47 Å². The fourth-order valence-corrected chi connectivity index (χ4v) is 2.61. The molecule has 2 nitrogen and oxygen atoms in total. The van der Waals surface area contributed by atoms with Gasteiger partial charge in [0.05, 0.1) is 12.2 Å². The zero-order valence-corrected chi connectivity index (χ0v) is 11.6. The summed E-state index contributed by atoms with van der Waals surface area (Å²) in [6.07, 6.45) is 10.0. The average molecular weight is 236 g/mol. The zero-order valence-electron chi connectivity index (χ0n) is 11.6. The normalized spacial score (nSPS) is 36.4. The second-order valence-electron chi connectivity index (χ2n) is 6.60. The van der Waals surface area contributed by atoms with Crippen molar-refractivity contribution < 1.29 is 9.47 Å². The number of allylic oxidation sites excluding steroid dienone is 3. The highest BCUT2D eigenvalue weighted by molar-refractivity contribution is 5.14. The van der Waals surface area contributed by atoms with E-state index in [2.05, 4.69) is 45.1 Å². The maximum Gasteiger partial charge on any atom is 0.163 e. The van der Waals surface area contributed by atoms with Gasteiger partial charge < -0.3 is 9.47 Å². The molecule has 2 heteroatoms. The molecule has 0 aromatic carbocycles. The Kier molecular flexibility index (Phi) is 3.21. The maximum atomic E-state index is 6.12. The Balaban J connectivity index is 2.19. The molecule has 1 saturated heterocycles. The molecule has 3 atom stereocenters. The lowest BCUT2D eigenvalue weighted by Gasteiger charge is -2.33. The summed E-state index contributed by atoms with van der Waals surface area (Å²) in [4.78, 5) is 0. The SMILES string of the molecule is CC1(C)O[C@@H]([C@@H]2C=CC=CC2)[C@H](C(C)(C)C)O1. The molecule has 0 bridgehead atoms. The highest BCUT2D eigenvalue weighted by atomic mass is 16.8. The van der Waals surface area contributed by atoms with Gasteiger partial charge in [-0.1, -0.05) is 45.1 Å². The van der Waals surface area contributed by atoms with Crippen LogP contribution < -0.4 is 0 Å². The van der Waals surface area contributed by atoms with Crippen molar-refractivity contribution in [3.63, 3.8) is 0 Å². The van der Waals surface area contributed by atoms with Gasteiger partial charge in [0.2, 0.25) is 0 Å². The van der Waals surface area contributed by atoms with Crippen LogP contribution in [-0.4, -0.2) is 18.0 Å². The Morgan fingerprint density at radius 3 is 2.35 bits per heavy atom. The quantitative estimate of drug-likeness (QED) is 0.691. The van der Waals surface area contributed by atoms with Crippen LogP contribution >= 0.6 is 0 Å². The van der Waals surface area contributed by atoms with Crippen LogP contribution in [0, 0.1) is 11.3 Å². The third-order valence-corrected chi connectivity index (χ3v) is 3.42.